The molecule has 9 heteroatoms. The van der Waals surface area contributed by atoms with E-state index in [1.165, 1.54) is 21.6 Å². The Kier molecular flexibility index (Phi) is 3.55. The van der Waals surface area contributed by atoms with Gasteiger partial charge in [-0.2, -0.15) is 0 Å². The zero-order valence-electron chi connectivity index (χ0n) is 14.8. The molecule has 2 aromatic heterocycles. The van der Waals surface area contributed by atoms with Crippen LogP contribution in [0.4, 0.5) is 5.13 Å². The lowest BCUT2D eigenvalue weighted by atomic mass is 9.93. The summed E-state index contributed by atoms with van der Waals surface area (Å²) in [5.74, 6) is -0.0189. The highest BCUT2D eigenvalue weighted by Crippen LogP contribution is 2.59. The van der Waals surface area contributed by atoms with E-state index in [9.17, 15) is 9.59 Å². The van der Waals surface area contributed by atoms with Crippen LogP contribution in [0.1, 0.15) is 12.0 Å². The van der Waals surface area contributed by atoms with Gasteiger partial charge in [0.25, 0.3) is 0 Å². The first-order valence-electron chi connectivity index (χ1n) is 8.82. The number of fused-ring (bicyclic) bond motifs is 1. The van der Waals surface area contributed by atoms with E-state index in [4.69, 9.17) is 0 Å². The highest BCUT2D eigenvalue weighted by atomic mass is 32.1. The summed E-state index contributed by atoms with van der Waals surface area (Å²) in [5, 5.41) is 11.1. The van der Waals surface area contributed by atoms with E-state index in [1.54, 1.807) is 17.3 Å². The van der Waals surface area contributed by atoms with Gasteiger partial charge >= 0.3 is 0 Å². The van der Waals surface area contributed by atoms with E-state index in [0.29, 0.717) is 18.2 Å². The van der Waals surface area contributed by atoms with E-state index in [0.717, 1.165) is 16.6 Å². The van der Waals surface area contributed by atoms with Crippen LogP contribution in [0, 0.1) is 18.3 Å². The molecule has 3 aromatic rings. The van der Waals surface area contributed by atoms with Gasteiger partial charge in [0.15, 0.2) is 5.13 Å². The maximum Gasteiger partial charge on any atom is 0.244 e. The third-order valence-electron chi connectivity index (χ3n) is 5.41. The van der Waals surface area contributed by atoms with E-state index < -0.39 is 0 Å². The summed E-state index contributed by atoms with van der Waals surface area (Å²) in [5.41, 5.74) is 2.03. The topological polar surface area (TPSA) is 93.0 Å². The van der Waals surface area contributed by atoms with Gasteiger partial charge in [-0.1, -0.05) is 22.6 Å². The lowest BCUT2D eigenvalue weighted by molar-refractivity contribution is -0.141. The van der Waals surface area contributed by atoms with Crippen LogP contribution in [-0.2, 0) is 16.1 Å². The summed E-state index contributed by atoms with van der Waals surface area (Å²) in [6.07, 6.45) is 4.05. The number of nitrogens with zero attached hydrogens (tertiary/aromatic N) is 5. The second-order valence-electron chi connectivity index (χ2n) is 7.45. The van der Waals surface area contributed by atoms with Gasteiger partial charge in [-0.05, 0) is 31.0 Å². The summed E-state index contributed by atoms with van der Waals surface area (Å²) in [4.78, 5) is 31.1. The van der Waals surface area contributed by atoms with Crippen molar-refractivity contribution in [2.75, 3.05) is 18.4 Å². The van der Waals surface area contributed by atoms with Gasteiger partial charge in [-0.25, -0.2) is 9.67 Å². The van der Waals surface area contributed by atoms with Crippen molar-refractivity contribution >= 4 is 38.5 Å². The lowest BCUT2D eigenvalue weighted by Gasteiger charge is -2.40. The minimum absolute atomic E-state index is 0.00848. The maximum atomic E-state index is 12.6. The van der Waals surface area contributed by atoms with Gasteiger partial charge in [0.2, 0.25) is 11.8 Å². The minimum atomic E-state index is -0.0462. The average molecular weight is 382 g/mol. The molecule has 3 heterocycles. The molecule has 8 nitrogen and oxygen atoms in total. The van der Waals surface area contributed by atoms with Crippen molar-refractivity contribution in [1.29, 1.82) is 0 Å². The molecule has 27 heavy (non-hydrogen) atoms. The molecule has 1 saturated heterocycles. The zero-order chi connectivity index (χ0) is 18.6. The number of nitrogens with one attached hydrogen (secondary N) is 1. The van der Waals surface area contributed by atoms with Gasteiger partial charge in [0, 0.05) is 30.6 Å². The number of carbonyl (C=O) groups is 2. The number of anilines is 1. The second kappa shape index (κ2) is 5.85. The summed E-state index contributed by atoms with van der Waals surface area (Å²) in [7, 11) is 0. The number of rotatable bonds is 4. The molecule has 1 saturated carbocycles. The first kappa shape index (κ1) is 16.4. The molecule has 2 fully saturated rings. The van der Waals surface area contributed by atoms with Crippen LogP contribution in [0.25, 0.3) is 10.2 Å². The van der Waals surface area contributed by atoms with Crippen LogP contribution in [-0.4, -0.2) is 49.8 Å². The maximum absolute atomic E-state index is 12.6. The Bertz CT molecular complexity index is 1040. The molecule has 1 aliphatic heterocycles. The number of hydrogen-bond donors (Lipinski definition) is 1. The molecule has 138 valence electrons. The van der Waals surface area contributed by atoms with E-state index in [2.05, 4.69) is 26.7 Å². The van der Waals surface area contributed by atoms with Gasteiger partial charge in [0.05, 0.1) is 16.4 Å². The largest absolute Gasteiger partial charge is 0.340 e. The highest BCUT2D eigenvalue weighted by molar-refractivity contribution is 7.22. The number of thiazole rings is 1. The fourth-order valence-electron chi connectivity index (χ4n) is 3.79. The minimum Gasteiger partial charge on any atom is -0.340 e. The number of hydrogen-bond acceptors (Lipinski definition) is 6. The Balaban J connectivity index is 1.18. The summed E-state index contributed by atoms with van der Waals surface area (Å²) in [6.45, 7) is 3.51. The third kappa shape index (κ3) is 2.87. The van der Waals surface area contributed by atoms with E-state index in [-0.39, 0.29) is 29.7 Å². The van der Waals surface area contributed by atoms with Crippen LogP contribution < -0.4 is 5.32 Å². The Morgan fingerprint density at radius 3 is 3.00 bits per heavy atom. The van der Waals surface area contributed by atoms with Crippen molar-refractivity contribution < 1.29 is 9.59 Å². The Labute approximate surface area is 159 Å². The molecule has 1 unspecified atom stereocenters. The van der Waals surface area contributed by atoms with Crippen molar-refractivity contribution in [3.8, 4) is 0 Å². The van der Waals surface area contributed by atoms with Crippen LogP contribution in [0.2, 0.25) is 0 Å². The molecule has 1 spiro atoms. The highest BCUT2D eigenvalue weighted by Gasteiger charge is 2.65. The molecule has 0 bridgehead atoms. The summed E-state index contributed by atoms with van der Waals surface area (Å²) < 4.78 is 2.59. The predicted octanol–water partition coefficient (Wildman–Crippen LogP) is 1.68. The van der Waals surface area contributed by atoms with Crippen LogP contribution in [0.15, 0.2) is 30.6 Å². The molecule has 2 aliphatic rings. The van der Waals surface area contributed by atoms with Crippen molar-refractivity contribution in [3.63, 3.8) is 0 Å². The number of benzene rings is 1. The third-order valence-corrected chi connectivity index (χ3v) is 6.35. The standard InChI is InChI=1S/C18H18N6O2S/c1-11-2-3-13-14(6-11)27-17(20-13)21-16(26)12-7-18(12)9-23(10-18)15(25)8-24-5-4-19-22-24/h2-6,12H,7-10H2,1H3,(H,20,21,26). The molecule has 2 amide bonds. The number of likely N-dealkylation sites (tertiary alicyclic amines) is 1. The summed E-state index contributed by atoms with van der Waals surface area (Å²) in [6, 6.07) is 6.06. The normalized spacial score (nSPS) is 19.9. The average Bonchev–Trinajstić information content (AvgIpc) is 2.92. The number of amides is 2. The van der Waals surface area contributed by atoms with Crippen molar-refractivity contribution in [1.82, 2.24) is 24.9 Å². The van der Waals surface area contributed by atoms with Gasteiger partial charge < -0.3 is 10.2 Å². The second-order valence-corrected chi connectivity index (χ2v) is 8.48. The number of aromatic nitrogens is 4. The van der Waals surface area contributed by atoms with Crippen molar-refractivity contribution in [2.45, 2.75) is 19.9 Å². The molecule has 0 radical (unpaired) electrons. The molecule has 1 N–H and O–H groups in total. The molecule has 1 atom stereocenters. The SMILES string of the molecule is Cc1ccc2nc(NC(=O)C3CC34CN(C(=O)Cn3ccnn3)C4)sc2c1. The quantitative estimate of drug-likeness (QED) is 0.741. The number of carbonyl (C=O) groups excluding carboxylic acids is 2. The Hall–Kier alpha value is -2.81. The van der Waals surface area contributed by atoms with Crippen LogP contribution in [0.3, 0.4) is 0 Å². The predicted molar refractivity (Wildman–Crippen MR) is 100 cm³/mol. The fourth-order valence-corrected chi connectivity index (χ4v) is 4.76. The fraction of sp³-hybridized carbons (Fsp3) is 0.389. The van der Waals surface area contributed by atoms with Gasteiger partial charge in [0.1, 0.15) is 6.54 Å². The van der Waals surface area contributed by atoms with E-state index in [1.807, 2.05) is 19.1 Å². The van der Waals surface area contributed by atoms with Gasteiger partial charge in [-0.3, -0.25) is 9.59 Å². The molecule has 1 aliphatic carbocycles. The first-order valence-corrected chi connectivity index (χ1v) is 9.64. The van der Waals surface area contributed by atoms with E-state index >= 15 is 0 Å². The Morgan fingerprint density at radius 2 is 2.22 bits per heavy atom. The molecular weight excluding hydrogens is 364 g/mol. The van der Waals surface area contributed by atoms with Crippen LogP contribution in [0.5, 0.6) is 0 Å². The summed E-state index contributed by atoms with van der Waals surface area (Å²) >= 11 is 1.50. The number of aryl methyl sites for hydroxylation is 1. The van der Waals surface area contributed by atoms with Crippen LogP contribution >= 0.6 is 11.3 Å². The molecule has 5 rings (SSSR count). The monoisotopic (exact) mass is 382 g/mol. The molecular formula is C18H18N6O2S. The molecule has 1 aromatic carbocycles. The first-order chi connectivity index (χ1) is 13.0. The zero-order valence-corrected chi connectivity index (χ0v) is 15.6. The van der Waals surface area contributed by atoms with Crippen molar-refractivity contribution in [2.24, 2.45) is 11.3 Å². The van der Waals surface area contributed by atoms with Crippen molar-refractivity contribution in [3.05, 3.63) is 36.2 Å². The lowest BCUT2D eigenvalue weighted by Crippen LogP contribution is -2.54. The van der Waals surface area contributed by atoms with Gasteiger partial charge in [-0.15, -0.1) is 5.10 Å². The smallest absolute Gasteiger partial charge is 0.244 e. The Morgan fingerprint density at radius 1 is 1.37 bits per heavy atom.